The van der Waals surface area contributed by atoms with E-state index in [1.807, 2.05) is 50.5 Å². The third-order valence-electron chi connectivity index (χ3n) is 5.92. The van der Waals surface area contributed by atoms with E-state index in [4.69, 9.17) is 16.3 Å². The van der Waals surface area contributed by atoms with Crippen molar-refractivity contribution in [3.05, 3.63) is 81.0 Å². The lowest BCUT2D eigenvalue weighted by Gasteiger charge is -2.12. The van der Waals surface area contributed by atoms with Crippen molar-refractivity contribution in [3.63, 3.8) is 0 Å². The molecule has 0 bridgehead atoms. The smallest absolute Gasteiger partial charge is 0.263 e. The van der Waals surface area contributed by atoms with Crippen LogP contribution in [0.5, 0.6) is 5.75 Å². The summed E-state index contributed by atoms with van der Waals surface area (Å²) in [6.07, 6.45) is 1.65. The highest BCUT2D eigenvalue weighted by Crippen LogP contribution is 2.28. The molecule has 0 atom stereocenters. The summed E-state index contributed by atoms with van der Waals surface area (Å²) in [6, 6.07) is 12.8. The molecule has 0 saturated carbocycles. The topological polar surface area (TPSA) is 78.2 Å². The fourth-order valence-corrected chi connectivity index (χ4v) is 4.18. The molecule has 2 aromatic heterocycles. The molecule has 0 unspecified atom stereocenters. The predicted molar refractivity (Wildman–Crippen MR) is 135 cm³/mol. The second-order valence-corrected chi connectivity index (χ2v) is 8.61. The number of amides is 1. The summed E-state index contributed by atoms with van der Waals surface area (Å²) in [7, 11) is 0. The molecule has 4 aromatic rings. The van der Waals surface area contributed by atoms with Crippen LogP contribution in [0.3, 0.4) is 0 Å². The van der Waals surface area contributed by atoms with Crippen LogP contribution in [-0.4, -0.2) is 26.6 Å². The molecule has 1 amide bonds. The van der Waals surface area contributed by atoms with E-state index in [-0.39, 0.29) is 24.4 Å². The zero-order chi connectivity index (χ0) is 24.4. The molecule has 0 saturated heterocycles. The van der Waals surface area contributed by atoms with Crippen molar-refractivity contribution in [2.45, 2.75) is 40.7 Å². The maximum absolute atomic E-state index is 13.3. The first-order valence-corrected chi connectivity index (χ1v) is 11.5. The minimum Gasteiger partial charge on any atom is -0.494 e. The van der Waals surface area contributed by atoms with Gasteiger partial charge in [0.2, 0.25) is 5.91 Å². The maximum atomic E-state index is 13.3. The van der Waals surface area contributed by atoms with Crippen LogP contribution in [-0.2, 0) is 11.3 Å². The van der Waals surface area contributed by atoms with E-state index in [9.17, 15) is 9.59 Å². The summed E-state index contributed by atoms with van der Waals surface area (Å²) in [5.41, 5.74) is 4.80. The van der Waals surface area contributed by atoms with Crippen LogP contribution in [0.2, 0.25) is 5.02 Å². The second-order valence-electron chi connectivity index (χ2n) is 8.17. The molecule has 2 aromatic carbocycles. The van der Waals surface area contributed by atoms with Gasteiger partial charge in [0.25, 0.3) is 5.56 Å². The van der Waals surface area contributed by atoms with Crippen molar-refractivity contribution in [2.24, 2.45) is 0 Å². The Kier molecular flexibility index (Phi) is 6.75. The average Bonchev–Trinajstić information content (AvgIpc) is 3.07. The Morgan fingerprint density at radius 2 is 1.85 bits per heavy atom. The van der Waals surface area contributed by atoms with Crippen LogP contribution in [0, 0.1) is 20.8 Å². The quantitative estimate of drug-likeness (QED) is 0.396. The lowest BCUT2D eigenvalue weighted by atomic mass is 10.2. The highest BCUT2D eigenvalue weighted by molar-refractivity contribution is 6.30. The fourth-order valence-electron chi connectivity index (χ4n) is 4.01. The predicted octanol–water partition coefficient (Wildman–Crippen LogP) is 5.19. The highest BCUT2D eigenvalue weighted by atomic mass is 35.5. The van der Waals surface area contributed by atoms with Crippen molar-refractivity contribution in [1.29, 1.82) is 0 Å². The number of benzene rings is 2. The summed E-state index contributed by atoms with van der Waals surface area (Å²) in [4.78, 5) is 30.4. The first-order chi connectivity index (χ1) is 16.3. The Bertz CT molecular complexity index is 1420. The molecule has 34 heavy (non-hydrogen) atoms. The molecule has 8 heteroatoms. The van der Waals surface area contributed by atoms with E-state index in [0.29, 0.717) is 28.4 Å². The van der Waals surface area contributed by atoms with Crippen molar-refractivity contribution in [3.8, 4) is 11.4 Å². The zero-order valence-corrected chi connectivity index (χ0v) is 20.4. The normalized spacial score (nSPS) is 11.1. The molecule has 176 valence electrons. The molecule has 0 spiro atoms. The Morgan fingerprint density at radius 3 is 2.56 bits per heavy atom. The van der Waals surface area contributed by atoms with Gasteiger partial charge in [0, 0.05) is 29.4 Å². The number of nitrogens with zero attached hydrogens (tertiary/aromatic N) is 3. The number of aromatic nitrogens is 3. The minimum absolute atomic E-state index is 0.145. The SMILES string of the molecule is CCOc1ccc(NC(=O)CCn2cnc3c(c(C)c(C)n3-c3cc(Cl)ccc3C)c2=O)cc1. The summed E-state index contributed by atoms with van der Waals surface area (Å²) in [5.74, 6) is 0.563. The molecule has 7 nitrogen and oxygen atoms in total. The Hall–Kier alpha value is -3.58. The molecular weight excluding hydrogens is 452 g/mol. The van der Waals surface area contributed by atoms with E-state index in [2.05, 4.69) is 10.3 Å². The highest BCUT2D eigenvalue weighted by Gasteiger charge is 2.19. The first-order valence-electron chi connectivity index (χ1n) is 11.2. The van der Waals surface area contributed by atoms with Crippen LogP contribution in [0.25, 0.3) is 16.7 Å². The Labute approximate surface area is 203 Å². The molecule has 1 N–H and O–H groups in total. The molecule has 0 aliphatic carbocycles. The van der Waals surface area contributed by atoms with E-state index < -0.39 is 0 Å². The largest absolute Gasteiger partial charge is 0.494 e. The molecule has 0 fully saturated rings. The molecular formula is C26H27ClN4O3. The van der Waals surface area contributed by atoms with Crippen molar-refractivity contribution in [2.75, 3.05) is 11.9 Å². The Balaban J connectivity index is 1.57. The minimum atomic E-state index is -0.184. The van der Waals surface area contributed by atoms with Gasteiger partial charge in [-0.25, -0.2) is 4.98 Å². The van der Waals surface area contributed by atoms with Gasteiger partial charge in [0.05, 0.1) is 24.0 Å². The zero-order valence-electron chi connectivity index (χ0n) is 19.7. The number of hydrogen-bond acceptors (Lipinski definition) is 4. The van der Waals surface area contributed by atoms with Gasteiger partial charge in [-0.15, -0.1) is 0 Å². The Morgan fingerprint density at radius 1 is 1.12 bits per heavy atom. The maximum Gasteiger partial charge on any atom is 0.263 e. The number of nitrogens with one attached hydrogen (secondary N) is 1. The first kappa shape index (κ1) is 23.6. The van der Waals surface area contributed by atoms with E-state index >= 15 is 0 Å². The van der Waals surface area contributed by atoms with Crippen LogP contribution >= 0.6 is 11.6 Å². The van der Waals surface area contributed by atoms with Gasteiger partial charge in [-0.3, -0.25) is 18.7 Å². The van der Waals surface area contributed by atoms with Gasteiger partial charge >= 0.3 is 0 Å². The van der Waals surface area contributed by atoms with Crippen LogP contribution in [0.1, 0.15) is 30.2 Å². The number of anilines is 1. The van der Waals surface area contributed by atoms with E-state index in [1.54, 1.807) is 24.3 Å². The standard InChI is InChI=1S/C26H27ClN4O3/c1-5-34-21-10-8-20(9-11-21)29-23(32)12-13-30-15-28-25-24(26(30)33)17(3)18(4)31(25)22-14-19(27)7-6-16(22)2/h6-11,14-15H,5,12-13H2,1-4H3,(H,29,32). The second kappa shape index (κ2) is 9.73. The lowest BCUT2D eigenvalue weighted by Crippen LogP contribution is -2.24. The summed E-state index contributed by atoms with van der Waals surface area (Å²) in [5, 5.41) is 4.01. The van der Waals surface area contributed by atoms with Gasteiger partial charge < -0.3 is 10.1 Å². The van der Waals surface area contributed by atoms with Gasteiger partial charge in [-0.1, -0.05) is 17.7 Å². The fraction of sp³-hybridized carbons (Fsp3) is 0.269. The third-order valence-corrected chi connectivity index (χ3v) is 6.16. The summed E-state index contributed by atoms with van der Waals surface area (Å²) < 4.78 is 8.87. The molecule has 4 rings (SSSR count). The number of ether oxygens (including phenoxy) is 1. The number of rotatable bonds is 7. The van der Waals surface area contributed by atoms with Crippen molar-refractivity contribution < 1.29 is 9.53 Å². The van der Waals surface area contributed by atoms with Gasteiger partial charge in [0.15, 0.2) is 5.65 Å². The van der Waals surface area contributed by atoms with Crippen molar-refractivity contribution in [1.82, 2.24) is 14.1 Å². The lowest BCUT2D eigenvalue weighted by molar-refractivity contribution is -0.116. The summed E-state index contributed by atoms with van der Waals surface area (Å²) >= 11 is 6.24. The van der Waals surface area contributed by atoms with Crippen LogP contribution in [0.4, 0.5) is 5.69 Å². The molecule has 2 heterocycles. The van der Waals surface area contributed by atoms with E-state index in [1.165, 1.54) is 10.9 Å². The van der Waals surface area contributed by atoms with E-state index in [0.717, 1.165) is 28.3 Å². The van der Waals surface area contributed by atoms with Gasteiger partial charge in [-0.2, -0.15) is 0 Å². The molecule has 0 radical (unpaired) electrons. The van der Waals surface area contributed by atoms with Gasteiger partial charge in [0.1, 0.15) is 5.75 Å². The van der Waals surface area contributed by atoms with Gasteiger partial charge in [-0.05, 0) is 75.2 Å². The van der Waals surface area contributed by atoms with Crippen LogP contribution in [0.15, 0.2) is 53.6 Å². The average molecular weight is 479 g/mol. The third kappa shape index (κ3) is 4.56. The monoisotopic (exact) mass is 478 g/mol. The molecule has 0 aliphatic rings. The number of aryl methyl sites for hydroxylation is 3. The number of halogens is 1. The number of carbonyl (C=O) groups is 1. The van der Waals surface area contributed by atoms with Crippen LogP contribution < -0.4 is 15.6 Å². The molecule has 0 aliphatic heterocycles. The summed E-state index contributed by atoms with van der Waals surface area (Å²) in [6.45, 7) is 8.60. The number of hydrogen-bond donors (Lipinski definition) is 1. The van der Waals surface area contributed by atoms with Crippen molar-refractivity contribution >= 4 is 34.2 Å². The number of fused-ring (bicyclic) bond motifs is 1. The number of carbonyl (C=O) groups excluding carboxylic acids is 1.